The van der Waals surface area contributed by atoms with Crippen LogP contribution < -0.4 is 5.32 Å². The van der Waals surface area contributed by atoms with Gasteiger partial charge in [0.2, 0.25) is 5.91 Å². The lowest BCUT2D eigenvalue weighted by molar-refractivity contribution is -0.130. The predicted molar refractivity (Wildman–Crippen MR) is 68.9 cm³/mol. The van der Waals surface area contributed by atoms with Crippen molar-refractivity contribution in [3.63, 3.8) is 0 Å². The number of nitrogens with zero attached hydrogens (tertiary/aromatic N) is 2. The maximum atomic E-state index is 11.2. The van der Waals surface area contributed by atoms with E-state index in [9.17, 15) is 4.79 Å². The van der Waals surface area contributed by atoms with Gasteiger partial charge in [-0.2, -0.15) is 0 Å². The van der Waals surface area contributed by atoms with Gasteiger partial charge in [-0.05, 0) is 25.3 Å². The van der Waals surface area contributed by atoms with Crippen LogP contribution in [0.2, 0.25) is 0 Å². The molecule has 98 valence electrons. The summed E-state index contributed by atoms with van der Waals surface area (Å²) in [6, 6.07) is 0.812. The molecule has 1 saturated carbocycles. The summed E-state index contributed by atoms with van der Waals surface area (Å²) in [5.74, 6) is 0.924. The van der Waals surface area contributed by atoms with E-state index in [0.717, 1.165) is 45.3 Å². The van der Waals surface area contributed by atoms with Crippen LogP contribution in [0.1, 0.15) is 26.7 Å². The van der Waals surface area contributed by atoms with Crippen LogP contribution in [0.4, 0.5) is 0 Å². The van der Waals surface area contributed by atoms with Crippen LogP contribution in [0, 0.1) is 5.92 Å². The lowest BCUT2D eigenvalue weighted by atomic mass is 10.1. The fourth-order valence-corrected chi connectivity index (χ4v) is 2.41. The molecular weight excluding hydrogens is 214 g/mol. The molecule has 1 heterocycles. The molecule has 0 radical (unpaired) electrons. The first-order valence-electron chi connectivity index (χ1n) is 6.86. The number of amides is 1. The second kappa shape index (κ2) is 5.83. The molecule has 4 heteroatoms. The molecule has 1 aliphatic heterocycles. The van der Waals surface area contributed by atoms with E-state index < -0.39 is 0 Å². The lowest BCUT2D eigenvalue weighted by Crippen LogP contribution is -2.49. The minimum atomic E-state index is 0.216. The summed E-state index contributed by atoms with van der Waals surface area (Å²) < 4.78 is 0. The first-order chi connectivity index (χ1) is 8.15. The fourth-order valence-electron chi connectivity index (χ4n) is 2.41. The van der Waals surface area contributed by atoms with Crippen LogP contribution in [0.15, 0.2) is 0 Å². The van der Waals surface area contributed by atoms with E-state index in [1.807, 2.05) is 4.90 Å². The first kappa shape index (κ1) is 12.8. The van der Waals surface area contributed by atoms with Crippen LogP contribution >= 0.6 is 0 Å². The van der Waals surface area contributed by atoms with Gasteiger partial charge in [0.15, 0.2) is 0 Å². The van der Waals surface area contributed by atoms with Crippen LogP contribution in [-0.4, -0.2) is 61.0 Å². The lowest BCUT2D eigenvalue weighted by Gasteiger charge is -2.35. The third-order valence-electron chi connectivity index (χ3n) is 3.72. The predicted octanol–water partition coefficient (Wildman–Crippen LogP) is 0.539. The molecule has 17 heavy (non-hydrogen) atoms. The maximum Gasteiger partial charge on any atom is 0.219 e. The van der Waals surface area contributed by atoms with Crippen molar-refractivity contribution in [3.8, 4) is 0 Å². The average Bonchev–Trinajstić information content (AvgIpc) is 3.11. The van der Waals surface area contributed by atoms with Gasteiger partial charge in [-0.15, -0.1) is 0 Å². The van der Waals surface area contributed by atoms with Crippen LogP contribution in [0.25, 0.3) is 0 Å². The molecule has 2 rings (SSSR count). The van der Waals surface area contributed by atoms with Gasteiger partial charge in [0.1, 0.15) is 0 Å². The monoisotopic (exact) mass is 239 g/mol. The topological polar surface area (TPSA) is 35.6 Å². The molecule has 1 saturated heterocycles. The molecule has 2 aliphatic rings. The van der Waals surface area contributed by atoms with E-state index in [1.54, 1.807) is 6.92 Å². The highest BCUT2D eigenvalue weighted by Gasteiger charge is 2.23. The number of hydrogen-bond donors (Lipinski definition) is 1. The molecule has 1 atom stereocenters. The summed E-state index contributed by atoms with van der Waals surface area (Å²) in [6.45, 7) is 10.1. The number of hydrogen-bond acceptors (Lipinski definition) is 3. The molecule has 0 aromatic heterocycles. The Labute approximate surface area is 104 Å². The van der Waals surface area contributed by atoms with Crippen LogP contribution in [0.3, 0.4) is 0 Å². The Morgan fingerprint density at radius 1 is 1.29 bits per heavy atom. The number of carbonyl (C=O) groups excluding carboxylic acids is 1. The van der Waals surface area contributed by atoms with Gasteiger partial charge in [-0.1, -0.05) is 6.92 Å². The molecule has 0 aromatic carbocycles. The Hall–Kier alpha value is -0.610. The Morgan fingerprint density at radius 2 is 1.94 bits per heavy atom. The van der Waals surface area contributed by atoms with Gasteiger partial charge >= 0.3 is 0 Å². The van der Waals surface area contributed by atoms with Crippen molar-refractivity contribution in [2.24, 2.45) is 5.92 Å². The zero-order valence-corrected chi connectivity index (χ0v) is 11.1. The first-order valence-corrected chi connectivity index (χ1v) is 6.86. The normalized spacial score (nSPS) is 23.8. The minimum absolute atomic E-state index is 0.216. The van der Waals surface area contributed by atoms with Gasteiger partial charge in [-0.25, -0.2) is 0 Å². The van der Waals surface area contributed by atoms with E-state index in [4.69, 9.17) is 0 Å². The average molecular weight is 239 g/mol. The molecule has 0 bridgehead atoms. The van der Waals surface area contributed by atoms with Crippen molar-refractivity contribution in [2.45, 2.75) is 32.7 Å². The highest BCUT2D eigenvalue weighted by atomic mass is 16.2. The number of piperazine rings is 1. The van der Waals surface area contributed by atoms with Gasteiger partial charge in [0, 0.05) is 45.7 Å². The largest absolute Gasteiger partial charge is 0.340 e. The molecular formula is C13H25N3O. The molecule has 1 amide bonds. The highest BCUT2D eigenvalue weighted by Crippen LogP contribution is 2.18. The Kier molecular flexibility index (Phi) is 4.40. The molecule has 0 spiro atoms. The van der Waals surface area contributed by atoms with E-state index in [-0.39, 0.29) is 5.91 Å². The van der Waals surface area contributed by atoms with Crippen LogP contribution in [-0.2, 0) is 4.79 Å². The molecule has 1 unspecified atom stereocenters. The van der Waals surface area contributed by atoms with Gasteiger partial charge < -0.3 is 10.2 Å². The van der Waals surface area contributed by atoms with E-state index in [0.29, 0.717) is 5.92 Å². The number of rotatable bonds is 5. The van der Waals surface area contributed by atoms with Gasteiger partial charge in [0.25, 0.3) is 0 Å². The van der Waals surface area contributed by atoms with E-state index >= 15 is 0 Å². The van der Waals surface area contributed by atoms with Crippen molar-refractivity contribution < 1.29 is 4.79 Å². The van der Waals surface area contributed by atoms with Crippen molar-refractivity contribution in [1.82, 2.24) is 15.1 Å². The molecule has 0 aromatic rings. The van der Waals surface area contributed by atoms with Crippen molar-refractivity contribution in [3.05, 3.63) is 0 Å². The van der Waals surface area contributed by atoms with Crippen LogP contribution in [0.5, 0.6) is 0 Å². The van der Waals surface area contributed by atoms with Crippen molar-refractivity contribution in [1.29, 1.82) is 0 Å². The zero-order chi connectivity index (χ0) is 12.3. The third-order valence-corrected chi connectivity index (χ3v) is 3.72. The number of nitrogens with one attached hydrogen (secondary N) is 1. The van der Waals surface area contributed by atoms with E-state index in [1.165, 1.54) is 12.8 Å². The fraction of sp³-hybridized carbons (Fsp3) is 0.923. The second-order valence-corrected chi connectivity index (χ2v) is 5.59. The van der Waals surface area contributed by atoms with Crippen molar-refractivity contribution in [2.75, 3.05) is 39.3 Å². The van der Waals surface area contributed by atoms with Gasteiger partial charge in [0.05, 0.1) is 0 Å². The molecule has 1 N–H and O–H groups in total. The maximum absolute atomic E-state index is 11.2. The molecule has 2 fully saturated rings. The third kappa shape index (κ3) is 4.28. The number of carbonyl (C=O) groups is 1. The smallest absolute Gasteiger partial charge is 0.219 e. The summed E-state index contributed by atoms with van der Waals surface area (Å²) in [5, 5.41) is 3.58. The quantitative estimate of drug-likeness (QED) is 0.760. The summed E-state index contributed by atoms with van der Waals surface area (Å²) in [5.41, 5.74) is 0. The SMILES string of the molecule is CC(=O)N1CCN(CC(C)CNC2CC2)CC1. The Balaban J connectivity index is 1.61. The second-order valence-electron chi connectivity index (χ2n) is 5.59. The standard InChI is InChI=1S/C13H25N3O/c1-11(9-14-13-3-4-13)10-15-5-7-16(8-6-15)12(2)17/h11,13-14H,3-10H2,1-2H3. The molecule has 1 aliphatic carbocycles. The minimum Gasteiger partial charge on any atom is -0.340 e. The Morgan fingerprint density at radius 3 is 2.47 bits per heavy atom. The summed E-state index contributed by atoms with van der Waals surface area (Å²) in [6.07, 6.45) is 2.73. The molecule has 4 nitrogen and oxygen atoms in total. The van der Waals surface area contributed by atoms with E-state index in [2.05, 4.69) is 17.1 Å². The summed E-state index contributed by atoms with van der Waals surface area (Å²) in [4.78, 5) is 15.6. The highest BCUT2D eigenvalue weighted by molar-refractivity contribution is 5.73. The summed E-state index contributed by atoms with van der Waals surface area (Å²) in [7, 11) is 0. The Bertz CT molecular complexity index is 257. The van der Waals surface area contributed by atoms with Gasteiger partial charge in [-0.3, -0.25) is 9.69 Å². The van der Waals surface area contributed by atoms with Crippen molar-refractivity contribution >= 4 is 5.91 Å². The zero-order valence-electron chi connectivity index (χ0n) is 11.1. The summed E-state index contributed by atoms with van der Waals surface area (Å²) >= 11 is 0.